The Kier molecular flexibility index (Phi) is 5.70. The summed E-state index contributed by atoms with van der Waals surface area (Å²) < 4.78 is 28.0. The monoisotopic (exact) mass is 473 g/mol. The molecule has 2 aromatic heterocycles. The molecule has 28 heavy (non-hydrogen) atoms. The number of thiophene rings is 1. The van der Waals surface area contributed by atoms with Crippen LogP contribution in [0.4, 0.5) is 5.69 Å². The molecule has 0 saturated carbocycles. The zero-order chi connectivity index (χ0) is 19.9. The van der Waals surface area contributed by atoms with Crippen molar-refractivity contribution in [2.24, 2.45) is 0 Å². The highest BCUT2D eigenvalue weighted by molar-refractivity contribution is 7.91. The largest absolute Gasteiger partial charge is 0.368 e. The Labute approximate surface area is 182 Å². The SMILES string of the molecule is Cc1nc(-c2ccc(S(=O)(=O)N3CCN(c4cc(Cl)ccc4Cl)CC3)s2)cs1. The molecule has 0 radical (unpaired) electrons. The minimum Gasteiger partial charge on any atom is -0.368 e. The van der Waals surface area contributed by atoms with Gasteiger partial charge in [0.1, 0.15) is 4.21 Å². The predicted molar refractivity (Wildman–Crippen MR) is 118 cm³/mol. The van der Waals surface area contributed by atoms with Gasteiger partial charge in [-0.25, -0.2) is 13.4 Å². The highest BCUT2D eigenvalue weighted by atomic mass is 35.5. The molecule has 0 spiro atoms. The lowest BCUT2D eigenvalue weighted by Gasteiger charge is -2.35. The van der Waals surface area contributed by atoms with Crippen LogP contribution in [0.1, 0.15) is 5.01 Å². The third-order valence-corrected chi connectivity index (χ3v) is 9.34. The zero-order valence-electron chi connectivity index (χ0n) is 14.9. The zero-order valence-corrected chi connectivity index (χ0v) is 18.9. The van der Waals surface area contributed by atoms with Crippen molar-refractivity contribution >= 4 is 61.6 Å². The smallest absolute Gasteiger partial charge is 0.252 e. The maximum absolute atomic E-state index is 13.1. The summed E-state index contributed by atoms with van der Waals surface area (Å²) in [6.07, 6.45) is 0. The highest BCUT2D eigenvalue weighted by Gasteiger charge is 2.30. The second-order valence-corrected chi connectivity index (χ2v) is 11.5. The maximum Gasteiger partial charge on any atom is 0.252 e. The second-order valence-electron chi connectivity index (χ2n) is 6.36. The number of halogens is 2. The van der Waals surface area contributed by atoms with Gasteiger partial charge in [-0.2, -0.15) is 4.31 Å². The van der Waals surface area contributed by atoms with Crippen LogP contribution in [0.25, 0.3) is 10.6 Å². The van der Waals surface area contributed by atoms with Gasteiger partial charge in [-0.3, -0.25) is 0 Å². The van der Waals surface area contributed by atoms with Crippen LogP contribution in [-0.4, -0.2) is 43.9 Å². The van der Waals surface area contributed by atoms with Crippen LogP contribution in [0.15, 0.2) is 39.9 Å². The molecule has 0 unspecified atom stereocenters. The van der Waals surface area contributed by atoms with Gasteiger partial charge >= 0.3 is 0 Å². The number of sulfonamides is 1. The fourth-order valence-electron chi connectivity index (χ4n) is 3.10. The third kappa shape index (κ3) is 3.94. The van der Waals surface area contributed by atoms with E-state index in [0.717, 1.165) is 21.3 Å². The van der Waals surface area contributed by atoms with Crippen LogP contribution in [0, 0.1) is 6.92 Å². The first-order valence-electron chi connectivity index (χ1n) is 8.57. The molecule has 0 aliphatic carbocycles. The first-order valence-corrected chi connectivity index (χ1v) is 12.5. The number of rotatable bonds is 4. The molecule has 1 saturated heterocycles. The summed E-state index contributed by atoms with van der Waals surface area (Å²) in [5, 5.41) is 4.13. The van der Waals surface area contributed by atoms with Crippen LogP contribution in [0.5, 0.6) is 0 Å². The van der Waals surface area contributed by atoms with Gasteiger partial charge in [0.25, 0.3) is 10.0 Å². The van der Waals surface area contributed by atoms with Crippen LogP contribution >= 0.6 is 45.9 Å². The predicted octanol–water partition coefficient (Wildman–Crippen LogP) is 5.00. The summed E-state index contributed by atoms with van der Waals surface area (Å²) in [7, 11) is -3.52. The average Bonchev–Trinajstić information content (AvgIpc) is 3.33. The molecular weight excluding hydrogens is 457 g/mol. The molecule has 1 aromatic carbocycles. The lowest BCUT2D eigenvalue weighted by molar-refractivity contribution is 0.386. The van der Waals surface area contributed by atoms with Crippen molar-refractivity contribution in [2.45, 2.75) is 11.1 Å². The van der Waals surface area contributed by atoms with E-state index in [9.17, 15) is 8.42 Å². The molecule has 1 aliphatic rings. The number of thiazole rings is 1. The van der Waals surface area contributed by atoms with Crippen LogP contribution in [0.3, 0.4) is 0 Å². The molecule has 1 aliphatic heterocycles. The van der Waals surface area contributed by atoms with Gasteiger partial charge in [0.2, 0.25) is 0 Å². The van der Waals surface area contributed by atoms with Crippen LogP contribution in [-0.2, 0) is 10.0 Å². The summed E-state index contributed by atoms with van der Waals surface area (Å²) in [4.78, 5) is 7.37. The van der Waals surface area contributed by atoms with Crippen molar-refractivity contribution in [3.8, 4) is 10.6 Å². The molecule has 148 valence electrons. The van der Waals surface area contributed by atoms with E-state index in [4.69, 9.17) is 23.2 Å². The van der Waals surface area contributed by atoms with Crippen LogP contribution < -0.4 is 4.90 Å². The summed E-state index contributed by atoms with van der Waals surface area (Å²) in [5.41, 5.74) is 1.66. The lowest BCUT2D eigenvalue weighted by atomic mass is 10.2. The molecule has 0 atom stereocenters. The number of nitrogens with zero attached hydrogens (tertiary/aromatic N) is 3. The maximum atomic E-state index is 13.1. The van der Waals surface area contributed by atoms with Crippen molar-refractivity contribution in [1.29, 1.82) is 0 Å². The van der Waals surface area contributed by atoms with E-state index in [0.29, 0.717) is 40.4 Å². The normalized spacial score (nSPS) is 15.9. The van der Waals surface area contributed by atoms with E-state index in [1.165, 1.54) is 15.6 Å². The van der Waals surface area contributed by atoms with Crippen molar-refractivity contribution in [3.05, 3.63) is 50.8 Å². The Bertz CT molecular complexity index is 1100. The van der Waals surface area contributed by atoms with E-state index >= 15 is 0 Å². The van der Waals surface area contributed by atoms with Crippen molar-refractivity contribution in [2.75, 3.05) is 31.1 Å². The second kappa shape index (κ2) is 7.93. The molecule has 0 amide bonds. The molecule has 4 rings (SSSR count). The first kappa shape index (κ1) is 20.1. The number of benzene rings is 1. The topological polar surface area (TPSA) is 53.5 Å². The number of hydrogen-bond donors (Lipinski definition) is 0. The van der Waals surface area contributed by atoms with Crippen molar-refractivity contribution in [1.82, 2.24) is 9.29 Å². The Balaban J connectivity index is 1.49. The molecule has 10 heteroatoms. The molecule has 0 N–H and O–H groups in total. The summed E-state index contributed by atoms with van der Waals surface area (Å²) in [6.45, 7) is 3.85. The molecule has 3 heterocycles. The molecule has 1 fully saturated rings. The van der Waals surface area contributed by atoms with E-state index in [-0.39, 0.29) is 0 Å². The number of aromatic nitrogens is 1. The fraction of sp³-hybridized carbons (Fsp3) is 0.278. The molecular formula is C18H17Cl2N3O2S3. The van der Waals surface area contributed by atoms with Gasteiger partial charge in [-0.15, -0.1) is 22.7 Å². The standard InChI is InChI=1S/C18H17Cl2N3O2S3/c1-12-21-15(11-26-12)17-4-5-18(27-17)28(24,25)23-8-6-22(7-9-23)16-10-13(19)2-3-14(16)20/h2-5,10-11H,6-9H2,1H3. The van der Waals surface area contributed by atoms with Crippen LogP contribution in [0.2, 0.25) is 10.0 Å². The number of aryl methyl sites for hydroxylation is 1. The third-order valence-electron chi connectivity index (χ3n) is 4.53. The number of piperazine rings is 1. The van der Waals surface area contributed by atoms with Gasteiger partial charge in [0.05, 0.1) is 26.3 Å². The Hall–Kier alpha value is -1.16. The summed E-state index contributed by atoms with van der Waals surface area (Å²) in [5.74, 6) is 0. The minimum atomic E-state index is -3.52. The van der Waals surface area contributed by atoms with Gasteiger partial charge in [0.15, 0.2) is 0 Å². The Morgan fingerprint density at radius 1 is 1.07 bits per heavy atom. The number of hydrogen-bond acceptors (Lipinski definition) is 6. The van der Waals surface area contributed by atoms with Crippen molar-refractivity contribution < 1.29 is 8.42 Å². The molecule has 5 nitrogen and oxygen atoms in total. The van der Waals surface area contributed by atoms with Gasteiger partial charge in [0, 0.05) is 36.6 Å². The van der Waals surface area contributed by atoms with Crippen molar-refractivity contribution in [3.63, 3.8) is 0 Å². The highest BCUT2D eigenvalue weighted by Crippen LogP contribution is 2.34. The number of anilines is 1. The van der Waals surface area contributed by atoms with E-state index in [1.807, 2.05) is 24.4 Å². The van der Waals surface area contributed by atoms with Gasteiger partial charge < -0.3 is 4.90 Å². The van der Waals surface area contributed by atoms with E-state index in [2.05, 4.69) is 9.88 Å². The first-order chi connectivity index (χ1) is 13.3. The summed E-state index contributed by atoms with van der Waals surface area (Å²) in [6, 6.07) is 8.82. The Morgan fingerprint density at radius 3 is 2.50 bits per heavy atom. The minimum absolute atomic E-state index is 0.349. The van der Waals surface area contributed by atoms with Gasteiger partial charge in [-0.05, 0) is 37.3 Å². The van der Waals surface area contributed by atoms with E-state index in [1.54, 1.807) is 29.5 Å². The van der Waals surface area contributed by atoms with Gasteiger partial charge in [-0.1, -0.05) is 23.2 Å². The molecule has 3 aromatic rings. The fourth-order valence-corrected chi connectivity index (χ4v) is 7.03. The average molecular weight is 474 g/mol. The summed E-state index contributed by atoms with van der Waals surface area (Å²) >= 11 is 15.2. The Morgan fingerprint density at radius 2 is 1.82 bits per heavy atom. The van der Waals surface area contributed by atoms with E-state index < -0.39 is 10.0 Å². The quantitative estimate of drug-likeness (QED) is 0.534. The molecule has 0 bridgehead atoms. The lowest BCUT2D eigenvalue weighted by Crippen LogP contribution is -2.48.